The Bertz CT molecular complexity index is 497. The minimum absolute atomic E-state index is 0.174. The molecule has 0 aliphatic carbocycles. The van der Waals surface area contributed by atoms with Gasteiger partial charge in [-0.3, -0.25) is 0 Å². The van der Waals surface area contributed by atoms with Crippen LogP contribution in [0, 0.1) is 11.6 Å². The summed E-state index contributed by atoms with van der Waals surface area (Å²) in [5, 5.41) is 0. The molecule has 2 aromatic rings. The first-order valence-electron chi connectivity index (χ1n) is 4.66. The fourth-order valence-electron chi connectivity index (χ4n) is 1.34. The standard InChI is InChI=1S/C11H9F2N3/c12-8-3-1-7(2-4-8)5-9-10(13)11(14)16-6-15-9/h1-4,6H,5H2,(H2,14,15,16). The van der Waals surface area contributed by atoms with Crippen molar-refractivity contribution in [3.63, 3.8) is 0 Å². The van der Waals surface area contributed by atoms with Crippen molar-refractivity contribution < 1.29 is 8.78 Å². The Labute approximate surface area is 91.0 Å². The summed E-state index contributed by atoms with van der Waals surface area (Å²) in [7, 11) is 0. The van der Waals surface area contributed by atoms with Crippen LogP contribution in [0.1, 0.15) is 11.3 Å². The average molecular weight is 221 g/mol. The molecular formula is C11H9F2N3. The van der Waals surface area contributed by atoms with Gasteiger partial charge in [0.2, 0.25) is 0 Å². The molecule has 1 aromatic carbocycles. The number of rotatable bonds is 2. The van der Waals surface area contributed by atoms with Gasteiger partial charge in [-0.2, -0.15) is 0 Å². The van der Waals surface area contributed by atoms with E-state index in [2.05, 4.69) is 9.97 Å². The van der Waals surface area contributed by atoms with Gasteiger partial charge in [0.1, 0.15) is 12.1 Å². The van der Waals surface area contributed by atoms with E-state index in [4.69, 9.17) is 5.73 Å². The maximum absolute atomic E-state index is 13.4. The van der Waals surface area contributed by atoms with Crippen molar-refractivity contribution in [1.29, 1.82) is 0 Å². The third kappa shape index (κ3) is 2.13. The van der Waals surface area contributed by atoms with Crippen LogP contribution < -0.4 is 5.73 Å². The predicted octanol–water partition coefficient (Wildman–Crippen LogP) is 1.93. The second-order valence-electron chi connectivity index (χ2n) is 3.32. The number of anilines is 1. The Kier molecular flexibility index (Phi) is 2.76. The molecule has 0 aliphatic heterocycles. The molecular weight excluding hydrogens is 212 g/mol. The van der Waals surface area contributed by atoms with Crippen molar-refractivity contribution in [3.8, 4) is 0 Å². The third-order valence-corrected chi connectivity index (χ3v) is 2.17. The highest BCUT2D eigenvalue weighted by Crippen LogP contribution is 2.14. The highest BCUT2D eigenvalue weighted by atomic mass is 19.1. The van der Waals surface area contributed by atoms with Crippen molar-refractivity contribution >= 4 is 5.82 Å². The van der Waals surface area contributed by atoms with E-state index >= 15 is 0 Å². The molecule has 0 saturated carbocycles. The molecule has 2 N–H and O–H groups in total. The van der Waals surface area contributed by atoms with Crippen LogP contribution in [0.3, 0.4) is 0 Å². The van der Waals surface area contributed by atoms with E-state index in [1.807, 2.05) is 0 Å². The van der Waals surface area contributed by atoms with Crippen molar-refractivity contribution in [1.82, 2.24) is 9.97 Å². The van der Waals surface area contributed by atoms with Gasteiger partial charge in [0, 0.05) is 6.42 Å². The molecule has 1 aromatic heterocycles. The van der Waals surface area contributed by atoms with Gasteiger partial charge in [0.15, 0.2) is 11.6 Å². The van der Waals surface area contributed by atoms with Gasteiger partial charge in [-0.1, -0.05) is 12.1 Å². The van der Waals surface area contributed by atoms with Gasteiger partial charge in [0.05, 0.1) is 5.69 Å². The number of halogens is 2. The first-order chi connectivity index (χ1) is 7.66. The second-order valence-corrected chi connectivity index (χ2v) is 3.32. The van der Waals surface area contributed by atoms with Crippen LogP contribution in [-0.2, 0) is 6.42 Å². The first kappa shape index (κ1) is 10.5. The highest BCUT2D eigenvalue weighted by Gasteiger charge is 2.08. The van der Waals surface area contributed by atoms with E-state index in [9.17, 15) is 8.78 Å². The molecule has 2 rings (SSSR count). The number of aromatic nitrogens is 2. The summed E-state index contributed by atoms with van der Waals surface area (Å²) in [5.41, 5.74) is 6.28. The lowest BCUT2D eigenvalue weighted by Crippen LogP contribution is -2.03. The Hall–Kier alpha value is -2.04. The number of nitrogens with two attached hydrogens (primary N) is 1. The summed E-state index contributed by atoms with van der Waals surface area (Å²) in [6, 6.07) is 5.79. The number of nitrogen functional groups attached to an aromatic ring is 1. The van der Waals surface area contributed by atoms with E-state index < -0.39 is 5.82 Å². The molecule has 1 heterocycles. The summed E-state index contributed by atoms with van der Waals surface area (Å²) >= 11 is 0. The Balaban J connectivity index is 2.27. The Morgan fingerprint density at radius 3 is 2.44 bits per heavy atom. The fourth-order valence-corrected chi connectivity index (χ4v) is 1.34. The molecule has 5 heteroatoms. The molecule has 0 spiro atoms. The summed E-state index contributed by atoms with van der Waals surface area (Å²) in [4.78, 5) is 7.32. The maximum Gasteiger partial charge on any atom is 0.187 e. The molecule has 0 unspecified atom stereocenters. The van der Waals surface area contributed by atoms with E-state index in [-0.39, 0.29) is 23.7 Å². The van der Waals surface area contributed by atoms with E-state index in [1.165, 1.54) is 18.5 Å². The summed E-state index contributed by atoms with van der Waals surface area (Å²) < 4.78 is 26.1. The van der Waals surface area contributed by atoms with Crippen molar-refractivity contribution in [2.75, 3.05) is 5.73 Å². The molecule has 0 amide bonds. The van der Waals surface area contributed by atoms with E-state index in [0.717, 1.165) is 5.56 Å². The van der Waals surface area contributed by atoms with Crippen LogP contribution in [0.2, 0.25) is 0 Å². The molecule has 0 aliphatic rings. The average Bonchev–Trinajstić information content (AvgIpc) is 2.28. The van der Waals surface area contributed by atoms with E-state index in [1.54, 1.807) is 12.1 Å². The highest BCUT2D eigenvalue weighted by molar-refractivity contribution is 5.33. The lowest BCUT2D eigenvalue weighted by Gasteiger charge is -2.03. The zero-order valence-corrected chi connectivity index (χ0v) is 8.32. The molecule has 0 fully saturated rings. The maximum atomic E-state index is 13.4. The van der Waals surface area contributed by atoms with Gasteiger partial charge in [-0.15, -0.1) is 0 Å². The molecule has 0 radical (unpaired) electrons. The third-order valence-electron chi connectivity index (χ3n) is 2.17. The number of nitrogens with zero attached hydrogens (tertiary/aromatic N) is 2. The first-order valence-corrected chi connectivity index (χ1v) is 4.66. The monoisotopic (exact) mass is 221 g/mol. The zero-order chi connectivity index (χ0) is 11.5. The van der Waals surface area contributed by atoms with Gasteiger partial charge >= 0.3 is 0 Å². The molecule has 0 saturated heterocycles. The minimum atomic E-state index is -0.619. The molecule has 0 atom stereocenters. The normalized spacial score (nSPS) is 10.4. The van der Waals surface area contributed by atoms with Gasteiger partial charge in [-0.05, 0) is 17.7 Å². The molecule has 0 bridgehead atoms. The minimum Gasteiger partial charge on any atom is -0.381 e. The number of benzene rings is 1. The topological polar surface area (TPSA) is 51.8 Å². The predicted molar refractivity (Wildman–Crippen MR) is 55.6 cm³/mol. The van der Waals surface area contributed by atoms with Crippen molar-refractivity contribution in [2.24, 2.45) is 0 Å². The van der Waals surface area contributed by atoms with Crippen LogP contribution >= 0.6 is 0 Å². The summed E-state index contributed by atoms with van der Waals surface area (Å²) in [6.07, 6.45) is 1.47. The second kappa shape index (κ2) is 4.22. The summed E-state index contributed by atoms with van der Waals surface area (Å²) in [6.45, 7) is 0. The fraction of sp³-hybridized carbons (Fsp3) is 0.0909. The number of hydrogen-bond acceptors (Lipinski definition) is 3. The molecule has 3 nitrogen and oxygen atoms in total. The van der Waals surface area contributed by atoms with Gasteiger partial charge in [-0.25, -0.2) is 18.7 Å². The summed E-state index contributed by atoms with van der Waals surface area (Å²) in [5.74, 6) is -1.12. The van der Waals surface area contributed by atoms with E-state index in [0.29, 0.717) is 0 Å². The smallest absolute Gasteiger partial charge is 0.187 e. The van der Waals surface area contributed by atoms with Crippen molar-refractivity contribution in [2.45, 2.75) is 6.42 Å². The largest absolute Gasteiger partial charge is 0.381 e. The zero-order valence-electron chi connectivity index (χ0n) is 8.32. The Morgan fingerprint density at radius 2 is 1.75 bits per heavy atom. The number of hydrogen-bond donors (Lipinski definition) is 1. The van der Waals surface area contributed by atoms with Gasteiger partial charge in [0.25, 0.3) is 0 Å². The molecule has 82 valence electrons. The van der Waals surface area contributed by atoms with Crippen LogP contribution in [0.5, 0.6) is 0 Å². The van der Waals surface area contributed by atoms with Crippen molar-refractivity contribution in [3.05, 3.63) is 53.5 Å². The SMILES string of the molecule is Nc1ncnc(Cc2ccc(F)cc2)c1F. The lowest BCUT2D eigenvalue weighted by atomic mass is 10.1. The lowest BCUT2D eigenvalue weighted by molar-refractivity contribution is 0.601. The Morgan fingerprint density at radius 1 is 1.06 bits per heavy atom. The van der Waals surface area contributed by atoms with Gasteiger partial charge < -0.3 is 5.73 Å². The van der Waals surface area contributed by atoms with Crippen LogP contribution in [0.25, 0.3) is 0 Å². The van der Waals surface area contributed by atoms with Crippen LogP contribution in [0.4, 0.5) is 14.6 Å². The van der Waals surface area contributed by atoms with Crippen LogP contribution in [0.15, 0.2) is 30.6 Å². The quantitative estimate of drug-likeness (QED) is 0.842. The molecule has 16 heavy (non-hydrogen) atoms. The van der Waals surface area contributed by atoms with Crippen LogP contribution in [-0.4, -0.2) is 9.97 Å².